The van der Waals surface area contributed by atoms with Crippen LogP contribution in [0, 0.1) is 12.8 Å². The Morgan fingerprint density at radius 3 is 2.90 bits per heavy atom. The summed E-state index contributed by atoms with van der Waals surface area (Å²) >= 11 is 0. The van der Waals surface area contributed by atoms with Crippen molar-refractivity contribution >= 4 is 11.7 Å². The monoisotopic (exact) mass is 289 g/mol. The molecule has 2 unspecified atom stereocenters. The number of rotatable bonds is 2. The fraction of sp³-hybridized carbons (Fsp3) is 0.588. The van der Waals surface area contributed by atoms with Gasteiger partial charge in [0.25, 0.3) is 0 Å². The molecular weight excluding hydrogens is 266 g/mol. The molecule has 21 heavy (non-hydrogen) atoms. The van der Waals surface area contributed by atoms with Gasteiger partial charge in [0.1, 0.15) is 0 Å². The predicted molar refractivity (Wildman–Crippen MR) is 81.9 cm³/mol. The van der Waals surface area contributed by atoms with E-state index in [1.165, 1.54) is 6.42 Å². The van der Waals surface area contributed by atoms with E-state index < -0.39 is 11.6 Å². The van der Waals surface area contributed by atoms with Gasteiger partial charge in [0, 0.05) is 19.0 Å². The molecule has 4 heteroatoms. The smallest absolute Gasteiger partial charge is 0.337 e. The lowest BCUT2D eigenvalue weighted by Gasteiger charge is -2.48. The second kappa shape index (κ2) is 5.34. The molecule has 2 N–H and O–H groups in total. The van der Waals surface area contributed by atoms with Gasteiger partial charge in [-0.1, -0.05) is 24.5 Å². The molecule has 1 aliphatic heterocycles. The highest BCUT2D eigenvalue weighted by Gasteiger charge is 2.43. The first-order valence-electron chi connectivity index (χ1n) is 7.81. The SMILES string of the molecule is Cc1ccc(N2CCC3(O)CCCCC3C2)c(C(=O)O)c1. The van der Waals surface area contributed by atoms with Crippen molar-refractivity contribution in [3.63, 3.8) is 0 Å². The Bertz CT molecular complexity index is 557. The van der Waals surface area contributed by atoms with Crippen LogP contribution in [0.2, 0.25) is 0 Å². The number of hydrogen-bond acceptors (Lipinski definition) is 3. The standard InChI is InChI=1S/C17H23NO3/c1-12-5-6-15(14(10-12)16(19)20)18-9-8-17(21)7-3-2-4-13(17)11-18/h5-6,10,13,21H,2-4,7-9,11H2,1H3,(H,19,20). The summed E-state index contributed by atoms with van der Waals surface area (Å²) in [6.45, 7) is 3.41. The average molecular weight is 289 g/mol. The maximum absolute atomic E-state index is 11.5. The summed E-state index contributed by atoms with van der Waals surface area (Å²) < 4.78 is 0. The van der Waals surface area contributed by atoms with Gasteiger partial charge in [-0.05, 0) is 38.3 Å². The van der Waals surface area contributed by atoms with Gasteiger partial charge in [0.15, 0.2) is 0 Å². The molecule has 1 aromatic rings. The van der Waals surface area contributed by atoms with E-state index in [2.05, 4.69) is 4.90 Å². The number of nitrogens with zero attached hydrogens (tertiary/aromatic N) is 1. The third kappa shape index (κ3) is 2.64. The average Bonchev–Trinajstić information content (AvgIpc) is 2.46. The van der Waals surface area contributed by atoms with Gasteiger partial charge in [-0.25, -0.2) is 4.79 Å². The Kier molecular flexibility index (Phi) is 3.66. The predicted octanol–water partition coefficient (Wildman–Crippen LogP) is 2.82. The zero-order chi connectivity index (χ0) is 15.0. The fourth-order valence-corrected chi connectivity index (χ4v) is 3.89. The first-order chi connectivity index (χ1) is 9.99. The number of fused-ring (bicyclic) bond motifs is 1. The van der Waals surface area contributed by atoms with Crippen molar-refractivity contribution in [1.82, 2.24) is 0 Å². The highest BCUT2D eigenvalue weighted by molar-refractivity contribution is 5.94. The van der Waals surface area contributed by atoms with Gasteiger partial charge in [-0.2, -0.15) is 0 Å². The molecule has 4 nitrogen and oxygen atoms in total. The lowest BCUT2D eigenvalue weighted by atomic mass is 9.71. The van der Waals surface area contributed by atoms with E-state index in [1.54, 1.807) is 6.07 Å². The fourth-order valence-electron chi connectivity index (χ4n) is 3.89. The van der Waals surface area contributed by atoms with E-state index in [-0.39, 0.29) is 5.92 Å². The minimum Gasteiger partial charge on any atom is -0.478 e. The van der Waals surface area contributed by atoms with Crippen LogP contribution in [-0.2, 0) is 0 Å². The molecule has 114 valence electrons. The van der Waals surface area contributed by atoms with E-state index >= 15 is 0 Å². The van der Waals surface area contributed by atoms with Gasteiger partial charge < -0.3 is 15.1 Å². The summed E-state index contributed by atoms with van der Waals surface area (Å²) in [5, 5.41) is 20.2. The minimum atomic E-state index is -0.877. The van der Waals surface area contributed by atoms with E-state index in [4.69, 9.17) is 0 Å². The van der Waals surface area contributed by atoms with E-state index in [0.717, 1.165) is 50.0 Å². The number of aliphatic hydroxyl groups is 1. The number of aromatic carboxylic acids is 1. The molecular formula is C17H23NO3. The Labute approximate surface area is 125 Å². The van der Waals surface area contributed by atoms with Crippen LogP contribution in [0.3, 0.4) is 0 Å². The number of carboxylic acid groups (broad SMARTS) is 1. The van der Waals surface area contributed by atoms with Crippen molar-refractivity contribution in [3.8, 4) is 0 Å². The second-order valence-electron chi connectivity index (χ2n) is 6.57. The molecule has 2 aliphatic rings. The lowest BCUT2D eigenvalue weighted by Crippen LogP contribution is -2.53. The van der Waals surface area contributed by atoms with Crippen molar-refractivity contribution in [2.75, 3.05) is 18.0 Å². The van der Waals surface area contributed by atoms with Gasteiger partial charge in [0.05, 0.1) is 16.9 Å². The maximum atomic E-state index is 11.5. The van der Waals surface area contributed by atoms with E-state index in [0.29, 0.717) is 5.56 Å². The quantitative estimate of drug-likeness (QED) is 0.879. The number of piperidine rings is 1. The number of carboxylic acids is 1. The lowest BCUT2D eigenvalue weighted by molar-refractivity contribution is -0.0612. The normalized spacial score (nSPS) is 29.0. The molecule has 0 spiro atoms. The number of benzene rings is 1. The molecule has 3 rings (SSSR count). The first kappa shape index (κ1) is 14.4. The third-order valence-corrected chi connectivity index (χ3v) is 5.15. The molecule has 0 bridgehead atoms. The minimum absolute atomic E-state index is 0.267. The van der Waals surface area contributed by atoms with Crippen molar-refractivity contribution in [2.45, 2.75) is 44.6 Å². The Hall–Kier alpha value is -1.55. The number of aryl methyl sites for hydroxylation is 1. The van der Waals surface area contributed by atoms with Crippen molar-refractivity contribution in [1.29, 1.82) is 0 Å². The van der Waals surface area contributed by atoms with Crippen LogP contribution in [0.4, 0.5) is 5.69 Å². The number of carbonyl (C=O) groups is 1. The van der Waals surface area contributed by atoms with Crippen LogP contribution in [0.5, 0.6) is 0 Å². The number of anilines is 1. The van der Waals surface area contributed by atoms with Crippen molar-refractivity contribution in [2.24, 2.45) is 5.92 Å². The highest BCUT2D eigenvalue weighted by Crippen LogP contribution is 2.41. The van der Waals surface area contributed by atoms with Gasteiger partial charge in [0.2, 0.25) is 0 Å². The molecule has 1 saturated carbocycles. The largest absolute Gasteiger partial charge is 0.478 e. The molecule has 1 heterocycles. The van der Waals surface area contributed by atoms with Crippen LogP contribution in [0.25, 0.3) is 0 Å². The second-order valence-corrected chi connectivity index (χ2v) is 6.57. The summed E-state index contributed by atoms with van der Waals surface area (Å²) in [6.07, 6.45) is 4.95. The highest BCUT2D eigenvalue weighted by atomic mass is 16.4. The molecule has 0 aromatic heterocycles. The molecule has 0 amide bonds. The molecule has 1 aliphatic carbocycles. The molecule has 2 fully saturated rings. The zero-order valence-corrected chi connectivity index (χ0v) is 12.5. The molecule has 2 atom stereocenters. The van der Waals surface area contributed by atoms with Crippen LogP contribution in [0.15, 0.2) is 18.2 Å². The van der Waals surface area contributed by atoms with E-state index in [9.17, 15) is 15.0 Å². The van der Waals surface area contributed by atoms with Crippen LogP contribution < -0.4 is 4.90 Å². The van der Waals surface area contributed by atoms with Gasteiger partial charge >= 0.3 is 5.97 Å². The van der Waals surface area contributed by atoms with Crippen molar-refractivity contribution < 1.29 is 15.0 Å². The summed E-state index contributed by atoms with van der Waals surface area (Å²) in [4.78, 5) is 13.6. The summed E-state index contributed by atoms with van der Waals surface area (Å²) in [6, 6.07) is 5.61. The van der Waals surface area contributed by atoms with Gasteiger partial charge in [-0.15, -0.1) is 0 Å². The topological polar surface area (TPSA) is 60.8 Å². The van der Waals surface area contributed by atoms with E-state index in [1.807, 2.05) is 19.1 Å². The molecule has 0 radical (unpaired) electrons. The Morgan fingerprint density at radius 1 is 1.33 bits per heavy atom. The van der Waals surface area contributed by atoms with Crippen LogP contribution >= 0.6 is 0 Å². The summed E-state index contributed by atoms with van der Waals surface area (Å²) in [5.41, 5.74) is 1.60. The molecule has 1 aromatic carbocycles. The zero-order valence-electron chi connectivity index (χ0n) is 12.5. The first-order valence-corrected chi connectivity index (χ1v) is 7.81. The van der Waals surface area contributed by atoms with Crippen LogP contribution in [0.1, 0.15) is 48.0 Å². The Morgan fingerprint density at radius 2 is 2.14 bits per heavy atom. The number of hydrogen-bond donors (Lipinski definition) is 2. The van der Waals surface area contributed by atoms with Crippen LogP contribution in [-0.4, -0.2) is 34.9 Å². The molecule has 1 saturated heterocycles. The van der Waals surface area contributed by atoms with Crippen molar-refractivity contribution in [3.05, 3.63) is 29.3 Å². The summed E-state index contributed by atoms with van der Waals surface area (Å²) in [7, 11) is 0. The Balaban J connectivity index is 1.87. The van der Waals surface area contributed by atoms with Gasteiger partial charge in [-0.3, -0.25) is 0 Å². The maximum Gasteiger partial charge on any atom is 0.337 e. The third-order valence-electron chi connectivity index (χ3n) is 5.15. The summed E-state index contributed by atoms with van der Waals surface area (Å²) in [5.74, 6) is -0.610.